The lowest BCUT2D eigenvalue weighted by Crippen LogP contribution is -2.34. The summed E-state index contributed by atoms with van der Waals surface area (Å²) >= 11 is 0. The number of nitrogens with zero attached hydrogens (tertiary/aromatic N) is 1. The first-order valence-corrected chi connectivity index (χ1v) is 10.7. The van der Waals surface area contributed by atoms with Gasteiger partial charge in [0.1, 0.15) is 13.2 Å². The fourth-order valence-electron chi connectivity index (χ4n) is 4.79. The van der Waals surface area contributed by atoms with E-state index in [-0.39, 0.29) is 18.1 Å². The maximum atomic E-state index is 10.3. The topological polar surface area (TPSA) is 69.5 Å². The molecule has 2 aliphatic heterocycles. The zero-order chi connectivity index (χ0) is 20.7. The van der Waals surface area contributed by atoms with Crippen molar-refractivity contribution in [3.05, 3.63) is 47.0 Å². The summed E-state index contributed by atoms with van der Waals surface area (Å²) in [7, 11) is 1.65. The van der Waals surface area contributed by atoms with E-state index in [9.17, 15) is 5.11 Å². The number of aliphatic hydroxyl groups is 1. The molecule has 1 aliphatic carbocycles. The Hall–Kier alpha value is -2.73. The average Bonchev–Trinajstić information content (AvgIpc) is 2.78. The van der Waals surface area contributed by atoms with Gasteiger partial charge in [-0.05, 0) is 62.1 Å². The Morgan fingerprint density at radius 3 is 2.70 bits per heavy atom. The highest BCUT2D eigenvalue weighted by atomic mass is 16.6. The molecule has 0 radical (unpaired) electrons. The zero-order valence-corrected chi connectivity index (χ0v) is 17.4. The third kappa shape index (κ3) is 3.29. The Bertz CT molecular complexity index is 986. The number of hydrogen-bond acceptors (Lipinski definition) is 6. The summed E-state index contributed by atoms with van der Waals surface area (Å²) in [5, 5.41) is 10.3. The van der Waals surface area contributed by atoms with Crippen molar-refractivity contribution in [3.8, 4) is 23.0 Å². The second-order valence-corrected chi connectivity index (χ2v) is 8.00. The van der Waals surface area contributed by atoms with Crippen molar-refractivity contribution in [1.82, 2.24) is 0 Å². The van der Waals surface area contributed by atoms with Crippen LogP contribution in [0.25, 0.3) is 0 Å². The summed E-state index contributed by atoms with van der Waals surface area (Å²) < 4.78 is 23.0. The second-order valence-electron chi connectivity index (χ2n) is 8.00. The van der Waals surface area contributed by atoms with E-state index < -0.39 is 0 Å². The van der Waals surface area contributed by atoms with E-state index in [1.165, 1.54) is 5.56 Å². The number of ether oxygens (including phenoxy) is 4. The van der Waals surface area contributed by atoms with Crippen LogP contribution >= 0.6 is 0 Å². The van der Waals surface area contributed by atoms with Crippen LogP contribution in [-0.2, 0) is 0 Å². The van der Waals surface area contributed by atoms with Crippen LogP contribution in [0.1, 0.15) is 48.8 Å². The monoisotopic (exact) mass is 409 g/mol. The molecule has 5 rings (SSSR count). The maximum absolute atomic E-state index is 10.3. The van der Waals surface area contributed by atoms with Gasteiger partial charge in [-0.2, -0.15) is 0 Å². The summed E-state index contributed by atoms with van der Waals surface area (Å²) in [4.78, 5) is 5.16. The van der Waals surface area contributed by atoms with E-state index in [0.717, 1.165) is 46.9 Å². The maximum Gasteiger partial charge on any atom is 0.162 e. The Morgan fingerprint density at radius 2 is 1.90 bits per heavy atom. The summed E-state index contributed by atoms with van der Waals surface area (Å²) in [6.07, 6.45) is 2.08. The highest BCUT2D eigenvalue weighted by Crippen LogP contribution is 2.45. The summed E-state index contributed by atoms with van der Waals surface area (Å²) in [5.74, 6) is 3.12. The average molecular weight is 409 g/mol. The molecule has 2 aromatic carbocycles. The molecule has 3 unspecified atom stereocenters. The number of methoxy groups -OCH3 is 1. The Morgan fingerprint density at radius 1 is 1.07 bits per heavy atom. The second kappa shape index (κ2) is 7.84. The molecule has 6 nitrogen and oxygen atoms in total. The molecular weight excluding hydrogens is 382 g/mol. The predicted molar refractivity (Wildman–Crippen MR) is 114 cm³/mol. The van der Waals surface area contributed by atoms with Crippen molar-refractivity contribution in [2.24, 2.45) is 4.99 Å². The molecule has 3 aliphatic rings. The van der Waals surface area contributed by atoms with Crippen molar-refractivity contribution in [3.63, 3.8) is 0 Å². The molecular formula is C24H27NO5. The summed E-state index contributed by atoms with van der Waals surface area (Å²) in [6.45, 7) is 3.65. The first-order chi connectivity index (χ1) is 14.7. The van der Waals surface area contributed by atoms with E-state index >= 15 is 0 Å². The number of hydrogen-bond donors (Lipinski definition) is 1. The fourth-order valence-corrected chi connectivity index (χ4v) is 4.79. The van der Waals surface area contributed by atoms with Crippen molar-refractivity contribution >= 4 is 5.71 Å². The molecule has 6 heteroatoms. The van der Waals surface area contributed by atoms with E-state index in [4.69, 9.17) is 23.9 Å². The molecule has 2 aromatic rings. The van der Waals surface area contributed by atoms with Crippen LogP contribution in [0, 0.1) is 0 Å². The van der Waals surface area contributed by atoms with E-state index in [1.807, 2.05) is 31.2 Å². The molecule has 0 spiro atoms. The Balaban J connectivity index is 1.65. The van der Waals surface area contributed by atoms with Crippen LogP contribution in [0.5, 0.6) is 23.0 Å². The van der Waals surface area contributed by atoms with Crippen LogP contribution < -0.4 is 18.9 Å². The molecule has 0 amide bonds. The van der Waals surface area contributed by atoms with Gasteiger partial charge in [0.25, 0.3) is 0 Å². The van der Waals surface area contributed by atoms with Crippen LogP contribution in [0.15, 0.2) is 35.3 Å². The first kappa shape index (κ1) is 19.2. The van der Waals surface area contributed by atoms with Crippen LogP contribution in [0.4, 0.5) is 0 Å². The molecule has 30 heavy (non-hydrogen) atoms. The van der Waals surface area contributed by atoms with E-state index in [2.05, 4.69) is 6.07 Å². The standard InChI is InChI=1S/C24H27NO5/c1-3-28-23-12-16-17-11-15(26)5-6-19(17)25-24(18(16)13-21(23)27-2)14-4-7-20-22(10-14)30-9-8-29-20/h4,7,10,12-13,15,17,19,26H,3,5-6,8-9,11H2,1-2H3. The van der Waals surface area contributed by atoms with Gasteiger partial charge in [-0.25, -0.2) is 0 Å². The van der Waals surface area contributed by atoms with Crippen LogP contribution in [0.2, 0.25) is 0 Å². The highest BCUT2D eigenvalue weighted by molar-refractivity contribution is 6.15. The van der Waals surface area contributed by atoms with Gasteiger partial charge in [0.15, 0.2) is 23.0 Å². The molecule has 0 aromatic heterocycles. The van der Waals surface area contributed by atoms with Gasteiger partial charge in [-0.15, -0.1) is 0 Å². The fraction of sp³-hybridized carbons (Fsp3) is 0.458. The van der Waals surface area contributed by atoms with Gasteiger partial charge in [0, 0.05) is 17.0 Å². The minimum absolute atomic E-state index is 0.145. The normalized spacial score (nSPS) is 24.4. The van der Waals surface area contributed by atoms with Crippen molar-refractivity contribution < 1.29 is 24.1 Å². The van der Waals surface area contributed by atoms with Gasteiger partial charge >= 0.3 is 0 Å². The molecule has 0 saturated heterocycles. The van der Waals surface area contributed by atoms with Gasteiger partial charge in [-0.3, -0.25) is 4.99 Å². The van der Waals surface area contributed by atoms with Gasteiger partial charge < -0.3 is 24.1 Å². The summed E-state index contributed by atoms with van der Waals surface area (Å²) in [6, 6.07) is 10.3. The predicted octanol–water partition coefficient (Wildman–Crippen LogP) is 3.71. The lowest BCUT2D eigenvalue weighted by molar-refractivity contribution is 0.111. The number of aliphatic hydroxyl groups excluding tert-OH is 1. The zero-order valence-electron chi connectivity index (χ0n) is 17.4. The Labute approximate surface area is 176 Å². The largest absolute Gasteiger partial charge is 0.493 e. The highest BCUT2D eigenvalue weighted by Gasteiger charge is 2.37. The quantitative estimate of drug-likeness (QED) is 0.834. The number of fused-ring (bicyclic) bond motifs is 4. The number of aliphatic imine (C=N–C) groups is 1. The van der Waals surface area contributed by atoms with E-state index in [0.29, 0.717) is 32.0 Å². The smallest absolute Gasteiger partial charge is 0.162 e. The third-order valence-electron chi connectivity index (χ3n) is 6.19. The molecule has 1 fully saturated rings. The van der Waals surface area contributed by atoms with Crippen molar-refractivity contribution in [2.75, 3.05) is 26.9 Å². The summed E-state index contributed by atoms with van der Waals surface area (Å²) in [5.41, 5.74) is 4.13. The van der Waals surface area contributed by atoms with Crippen molar-refractivity contribution in [2.45, 2.75) is 44.2 Å². The first-order valence-electron chi connectivity index (χ1n) is 10.7. The van der Waals surface area contributed by atoms with Gasteiger partial charge in [0.05, 0.1) is 31.6 Å². The lowest BCUT2D eigenvalue weighted by Gasteiger charge is -2.37. The minimum atomic E-state index is -0.289. The molecule has 1 N–H and O–H groups in total. The van der Waals surface area contributed by atoms with E-state index in [1.54, 1.807) is 7.11 Å². The Kier molecular flexibility index (Phi) is 5.03. The molecule has 1 saturated carbocycles. The minimum Gasteiger partial charge on any atom is -0.493 e. The van der Waals surface area contributed by atoms with Gasteiger partial charge in [-0.1, -0.05) is 0 Å². The molecule has 3 atom stereocenters. The molecule has 2 heterocycles. The molecule has 158 valence electrons. The van der Waals surface area contributed by atoms with Gasteiger partial charge in [0.2, 0.25) is 0 Å². The lowest BCUT2D eigenvalue weighted by atomic mass is 9.74. The van der Waals surface area contributed by atoms with Crippen LogP contribution in [-0.4, -0.2) is 49.9 Å². The molecule has 0 bridgehead atoms. The number of benzene rings is 2. The van der Waals surface area contributed by atoms with Crippen molar-refractivity contribution in [1.29, 1.82) is 0 Å². The number of rotatable bonds is 4. The SMILES string of the molecule is CCOc1cc2c(cc1OC)C(c1ccc3c(c1)OCCO3)=NC1CCC(O)CC21. The van der Waals surface area contributed by atoms with Crippen LogP contribution in [0.3, 0.4) is 0 Å². The third-order valence-corrected chi connectivity index (χ3v) is 6.19.